The summed E-state index contributed by atoms with van der Waals surface area (Å²) in [6, 6.07) is 4.79. The number of hydrogen-bond donors (Lipinski definition) is 6. The Kier molecular flexibility index (Phi) is 12.5. The molecule has 1 saturated heterocycles. The zero-order valence-corrected chi connectivity index (χ0v) is 16.3. The number of aliphatic hydroxyl groups excluding tert-OH is 2. The molecule has 0 bridgehead atoms. The molecule has 6 N–H and O–H groups in total. The van der Waals surface area contributed by atoms with Crippen molar-refractivity contribution >= 4 is 23.9 Å². The number of nitrogens with zero attached hydrogens (tertiary/aromatic N) is 2. The summed E-state index contributed by atoms with van der Waals surface area (Å²) in [5.74, 6) is -5.69. The third-order valence-electron chi connectivity index (χ3n) is 3.90. The maximum atomic E-state index is 9.72. The molecule has 0 aliphatic carbocycles. The van der Waals surface area contributed by atoms with Crippen LogP contribution < -0.4 is 0 Å². The van der Waals surface area contributed by atoms with Crippen LogP contribution in [0.2, 0.25) is 0 Å². The predicted molar refractivity (Wildman–Crippen MR) is 101 cm³/mol. The molecule has 1 aliphatic heterocycles. The molecule has 12 nitrogen and oxygen atoms in total. The Morgan fingerprint density at radius 1 is 1.03 bits per heavy atom. The number of hydrogen-bond acceptors (Lipinski definition) is 8. The molecule has 1 fully saturated rings. The van der Waals surface area contributed by atoms with Gasteiger partial charge in [0.25, 0.3) is 0 Å². The second kappa shape index (κ2) is 14.0. The fraction of sp³-hybridized carbons (Fsp3) is 0.500. The summed E-state index contributed by atoms with van der Waals surface area (Å²) < 4.78 is 0. The Bertz CT molecular complexity index is 665. The SMILES string of the molecule is CN1CCCC1c1cccnc1.O=C(O)CC(O)C(=O)O.O=C(O)CC(O)C(=O)O. The van der Waals surface area contributed by atoms with Gasteiger partial charge in [-0.1, -0.05) is 6.07 Å². The second-order valence-corrected chi connectivity index (χ2v) is 6.33. The van der Waals surface area contributed by atoms with Crippen LogP contribution in [0, 0.1) is 0 Å². The first-order valence-corrected chi connectivity index (χ1v) is 8.81. The van der Waals surface area contributed by atoms with E-state index in [4.69, 9.17) is 30.6 Å². The van der Waals surface area contributed by atoms with Gasteiger partial charge in [0.2, 0.25) is 0 Å². The van der Waals surface area contributed by atoms with Gasteiger partial charge in [0, 0.05) is 18.4 Å². The van der Waals surface area contributed by atoms with Gasteiger partial charge >= 0.3 is 23.9 Å². The first-order valence-electron chi connectivity index (χ1n) is 8.81. The summed E-state index contributed by atoms with van der Waals surface area (Å²) in [6.45, 7) is 1.22. The number of carboxylic acids is 4. The number of aliphatic carboxylic acids is 4. The molecule has 0 radical (unpaired) electrons. The Morgan fingerprint density at radius 3 is 1.80 bits per heavy atom. The van der Waals surface area contributed by atoms with Gasteiger partial charge in [-0.2, -0.15) is 0 Å². The number of aromatic nitrogens is 1. The van der Waals surface area contributed by atoms with Crippen LogP contribution in [0.3, 0.4) is 0 Å². The van der Waals surface area contributed by atoms with Crippen molar-refractivity contribution in [2.75, 3.05) is 13.6 Å². The van der Waals surface area contributed by atoms with Gasteiger partial charge in [0.05, 0.1) is 12.8 Å². The molecule has 12 heteroatoms. The summed E-state index contributed by atoms with van der Waals surface area (Å²) in [4.78, 5) is 45.4. The third-order valence-corrected chi connectivity index (χ3v) is 3.90. The quantitative estimate of drug-likeness (QED) is 0.328. The van der Waals surface area contributed by atoms with E-state index >= 15 is 0 Å². The van der Waals surface area contributed by atoms with Gasteiger partial charge in [-0.05, 0) is 38.1 Å². The van der Waals surface area contributed by atoms with Crippen molar-refractivity contribution < 1.29 is 49.8 Å². The second-order valence-electron chi connectivity index (χ2n) is 6.33. The molecule has 0 aromatic carbocycles. The van der Waals surface area contributed by atoms with E-state index in [1.165, 1.54) is 24.9 Å². The van der Waals surface area contributed by atoms with Crippen molar-refractivity contribution in [2.24, 2.45) is 0 Å². The number of pyridine rings is 1. The minimum absolute atomic E-state index is 0.610. The molecule has 2 rings (SSSR count). The first kappa shape index (κ1) is 26.9. The molecule has 168 valence electrons. The molecular weight excluding hydrogens is 404 g/mol. The minimum atomic E-state index is -1.79. The standard InChI is InChI=1S/C10H14N2.2C4H6O5/c1-12-7-3-5-10(12)9-4-2-6-11-8-9;2*5-2(4(8)9)1-3(6)7/h2,4,6,8,10H,3,5,7H2,1H3;2*2,5H,1H2,(H,6,7)(H,8,9). The van der Waals surface area contributed by atoms with Crippen LogP contribution in [0.4, 0.5) is 0 Å². The summed E-state index contributed by atoms with van der Waals surface area (Å²) >= 11 is 0. The van der Waals surface area contributed by atoms with E-state index in [0.29, 0.717) is 6.04 Å². The normalized spacial score (nSPS) is 17.4. The van der Waals surface area contributed by atoms with Crippen LogP contribution in [0.1, 0.15) is 37.3 Å². The van der Waals surface area contributed by atoms with Gasteiger partial charge in [-0.25, -0.2) is 9.59 Å². The maximum absolute atomic E-state index is 9.72. The predicted octanol–water partition coefficient (Wildman–Crippen LogP) is -0.338. The Balaban J connectivity index is 0.000000430. The molecule has 3 unspecified atom stereocenters. The van der Waals surface area contributed by atoms with Crippen LogP contribution in [0.15, 0.2) is 24.5 Å². The van der Waals surface area contributed by atoms with E-state index in [1.54, 1.807) is 0 Å². The van der Waals surface area contributed by atoms with Crippen LogP contribution >= 0.6 is 0 Å². The van der Waals surface area contributed by atoms with Crippen molar-refractivity contribution in [3.05, 3.63) is 30.1 Å². The highest BCUT2D eigenvalue weighted by molar-refractivity contribution is 5.79. The fourth-order valence-electron chi connectivity index (χ4n) is 2.41. The lowest BCUT2D eigenvalue weighted by atomic mass is 10.1. The van der Waals surface area contributed by atoms with Crippen molar-refractivity contribution in [3.8, 4) is 0 Å². The Morgan fingerprint density at radius 2 is 1.53 bits per heavy atom. The monoisotopic (exact) mass is 430 g/mol. The largest absolute Gasteiger partial charge is 0.481 e. The zero-order chi connectivity index (χ0) is 23.3. The third kappa shape index (κ3) is 11.7. The number of likely N-dealkylation sites (tertiary alicyclic amines) is 1. The lowest BCUT2D eigenvalue weighted by molar-refractivity contribution is -0.153. The van der Waals surface area contributed by atoms with Crippen molar-refractivity contribution in [3.63, 3.8) is 0 Å². The van der Waals surface area contributed by atoms with E-state index in [2.05, 4.69) is 23.0 Å². The minimum Gasteiger partial charge on any atom is -0.481 e. The van der Waals surface area contributed by atoms with Crippen LogP contribution in [0.5, 0.6) is 0 Å². The van der Waals surface area contributed by atoms with E-state index < -0.39 is 48.9 Å². The topological polar surface area (TPSA) is 206 Å². The average Bonchev–Trinajstić information content (AvgIpc) is 3.08. The average molecular weight is 430 g/mol. The molecule has 1 aromatic rings. The number of carbonyl (C=O) groups is 4. The highest BCUT2D eigenvalue weighted by Crippen LogP contribution is 2.29. The highest BCUT2D eigenvalue weighted by Gasteiger charge is 2.22. The summed E-state index contributed by atoms with van der Waals surface area (Å²) in [5, 5.41) is 48.3. The number of carboxylic acid groups (broad SMARTS) is 4. The first-order chi connectivity index (χ1) is 14.0. The van der Waals surface area contributed by atoms with Crippen molar-refractivity contribution in [1.29, 1.82) is 0 Å². The van der Waals surface area contributed by atoms with Crippen molar-refractivity contribution in [1.82, 2.24) is 9.88 Å². The highest BCUT2D eigenvalue weighted by atomic mass is 16.4. The molecule has 1 aliphatic rings. The number of rotatable bonds is 7. The molecule has 1 aromatic heterocycles. The Hall–Kier alpha value is -3.09. The van der Waals surface area contributed by atoms with Crippen LogP contribution in [-0.2, 0) is 19.2 Å². The molecule has 3 atom stereocenters. The van der Waals surface area contributed by atoms with E-state index in [1.807, 2.05) is 18.5 Å². The summed E-state index contributed by atoms with van der Waals surface area (Å²) in [5.41, 5.74) is 1.36. The van der Waals surface area contributed by atoms with Gasteiger partial charge in [0.1, 0.15) is 0 Å². The zero-order valence-electron chi connectivity index (χ0n) is 16.3. The van der Waals surface area contributed by atoms with Gasteiger partial charge in [0.15, 0.2) is 12.2 Å². The van der Waals surface area contributed by atoms with Crippen LogP contribution in [0.25, 0.3) is 0 Å². The van der Waals surface area contributed by atoms with Gasteiger partial charge < -0.3 is 30.6 Å². The molecule has 2 heterocycles. The van der Waals surface area contributed by atoms with Gasteiger partial charge in [-0.3, -0.25) is 19.5 Å². The lowest BCUT2D eigenvalue weighted by Gasteiger charge is -2.18. The maximum Gasteiger partial charge on any atom is 0.333 e. The van der Waals surface area contributed by atoms with E-state index in [0.717, 1.165) is 0 Å². The van der Waals surface area contributed by atoms with Crippen molar-refractivity contribution in [2.45, 2.75) is 43.9 Å². The van der Waals surface area contributed by atoms with E-state index in [-0.39, 0.29) is 0 Å². The summed E-state index contributed by atoms with van der Waals surface area (Å²) in [6.07, 6.45) is 1.32. The summed E-state index contributed by atoms with van der Waals surface area (Å²) in [7, 11) is 2.19. The number of aliphatic hydroxyl groups is 2. The lowest BCUT2D eigenvalue weighted by Crippen LogP contribution is -2.22. The molecule has 30 heavy (non-hydrogen) atoms. The van der Waals surface area contributed by atoms with E-state index in [9.17, 15) is 19.2 Å². The fourth-order valence-corrected chi connectivity index (χ4v) is 2.41. The molecule has 0 saturated carbocycles. The smallest absolute Gasteiger partial charge is 0.333 e. The Labute approximate surface area is 172 Å². The van der Waals surface area contributed by atoms with Crippen LogP contribution in [-0.4, -0.2) is 90.2 Å². The molecule has 0 amide bonds. The molecule has 0 spiro atoms. The van der Waals surface area contributed by atoms with Gasteiger partial charge in [-0.15, -0.1) is 0 Å². The molecular formula is C18H26N2O10.